The number of allylic oxidation sites excluding steroid dienone is 1. The van der Waals surface area contributed by atoms with Gasteiger partial charge in [0.15, 0.2) is 11.2 Å². The van der Waals surface area contributed by atoms with Crippen molar-refractivity contribution in [3.63, 3.8) is 0 Å². The normalized spacial score (nSPS) is 15.0. The van der Waals surface area contributed by atoms with E-state index in [1.165, 1.54) is 18.4 Å². The fraction of sp³-hybridized carbons (Fsp3) is 0. The van der Waals surface area contributed by atoms with Gasteiger partial charge in [-0.15, -0.1) is 0 Å². The first-order valence-electron chi connectivity index (χ1n) is 6.88. The summed E-state index contributed by atoms with van der Waals surface area (Å²) in [4.78, 5) is 24.8. The van der Waals surface area contributed by atoms with Gasteiger partial charge in [-0.2, -0.15) is 0 Å². The Morgan fingerprint density at radius 3 is 2.70 bits per heavy atom. The van der Waals surface area contributed by atoms with Gasteiger partial charge in [0, 0.05) is 5.02 Å². The van der Waals surface area contributed by atoms with Crippen LogP contribution in [-0.4, -0.2) is 5.78 Å². The van der Waals surface area contributed by atoms with Crippen molar-refractivity contribution in [2.45, 2.75) is 0 Å². The molecule has 1 aliphatic heterocycles. The first-order valence-corrected chi connectivity index (χ1v) is 7.25. The number of carbonyl (C=O) groups excluding carboxylic acids is 1. The number of benzene rings is 2. The first kappa shape index (κ1) is 13.8. The number of ether oxygens (including phenoxy) is 1. The van der Waals surface area contributed by atoms with Crippen molar-refractivity contribution in [3.8, 4) is 5.75 Å². The molecule has 5 heteroatoms. The van der Waals surface area contributed by atoms with Crippen molar-refractivity contribution in [1.29, 1.82) is 0 Å². The van der Waals surface area contributed by atoms with E-state index in [0.29, 0.717) is 27.3 Å². The summed E-state index contributed by atoms with van der Waals surface area (Å²) in [7, 11) is 0. The van der Waals surface area contributed by atoms with Crippen molar-refractivity contribution >= 4 is 34.4 Å². The van der Waals surface area contributed by atoms with Gasteiger partial charge in [-0.3, -0.25) is 9.59 Å². The maximum atomic E-state index is 12.5. The molecule has 4 nitrogen and oxygen atoms in total. The van der Waals surface area contributed by atoms with Gasteiger partial charge in [-0.05, 0) is 36.4 Å². The van der Waals surface area contributed by atoms with Crippen LogP contribution in [0.5, 0.6) is 5.75 Å². The van der Waals surface area contributed by atoms with Crippen molar-refractivity contribution in [1.82, 2.24) is 0 Å². The third-order valence-corrected chi connectivity index (χ3v) is 3.86. The summed E-state index contributed by atoms with van der Waals surface area (Å²) in [6, 6.07) is 11.7. The molecule has 2 aromatic carbocycles. The van der Waals surface area contributed by atoms with Crippen LogP contribution < -0.4 is 10.2 Å². The standard InChI is InChI=1S/C18H9ClO4/c19-11-5-6-14-13(8-11)17(20)10(9-22-14)7-16-18(21)12-3-1-2-4-15(12)23-16/h1-9H/b16-7-. The number of rotatable bonds is 1. The summed E-state index contributed by atoms with van der Waals surface area (Å²) >= 11 is 5.92. The third kappa shape index (κ3) is 2.24. The number of hydrogen-bond donors (Lipinski definition) is 0. The topological polar surface area (TPSA) is 56.5 Å². The molecule has 2 heterocycles. The number of ketones is 1. The zero-order valence-electron chi connectivity index (χ0n) is 11.7. The van der Waals surface area contributed by atoms with Crippen LogP contribution in [0.1, 0.15) is 15.9 Å². The van der Waals surface area contributed by atoms with Gasteiger partial charge < -0.3 is 9.15 Å². The van der Waals surface area contributed by atoms with Crippen LogP contribution in [0.25, 0.3) is 17.0 Å². The largest absolute Gasteiger partial charge is 0.463 e. The molecule has 0 atom stereocenters. The SMILES string of the molecule is O=C1/C(=C/c2coc3ccc(Cl)cc3c2=O)Oc2ccccc21. The summed E-state index contributed by atoms with van der Waals surface area (Å²) in [5.74, 6) is 0.322. The van der Waals surface area contributed by atoms with Crippen LogP contribution >= 0.6 is 11.6 Å². The van der Waals surface area contributed by atoms with Gasteiger partial charge >= 0.3 is 0 Å². The Hall–Kier alpha value is -2.85. The number of fused-ring (bicyclic) bond motifs is 2. The monoisotopic (exact) mass is 324 g/mol. The van der Waals surface area contributed by atoms with Gasteiger partial charge in [-0.1, -0.05) is 23.7 Å². The van der Waals surface area contributed by atoms with E-state index < -0.39 is 0 Å². The molecule has 0 aliphatic carbocycles. The van der Waals surface area contributed by atoms with Crippen LogP contribution in [-0.2, 0) is 0 Å². The number of hydrogen-bond acceptors (Lipinski definition) is 4. The molecule has 4 rings (SSSR count). The van der Waals surface area contributed by atoms with Crippen LogP contribution in [0.3, 0.4) is 0 Å². The summed E-state index contributed by atoms with van der Waals surface area (Å²) in [5.41, 5.74) is 0.875. The van der Waals surface area contributed by atoms with E-state index in [-0.39, 0.29) is 22.5 Å². The smallest absolute Gasteiger partial charge is 0.231 e. The predicted octanol–water partition coefficient (Wildman–Crippen LogP) is 4.06. The maximum absolute atomic E-state index is 12.5. The van der Waals surface area contributed by atoms with E-state index in [1.807, 2.05) is 0 Å². The highest BCUT2D eigenvalue weighted by atomic mass is 35.5. The molecule has 0 unspecified atom stereocenters. The summed E-state index contributed by atoms with van der Waals surface area (Å²) in [5, 5.41) is 0.796. The maximum Gasteiger partial charge on any atom is 0.231 e. The molecule has 0 saturated heterocycles. The molecule has 112 valence electrons. The second kappa shape index (κ2) is 5.11. The Balaban J connectivity index is 1.84. The van der Waals surface area contributed by atoms with Gasteiger partial charge in [-0.25, -0.2) is 0 Å². The van der Waals surface area contributed by atoms with E-state index in [4.69, 9.17) is 20.8 Å². The van der Waals surface area contributed by atoms with Crippen molar-refractivity contribution in [2.24, 2.45) is 0 Å². The molecule has 0 bridgehead atoms. The van der Waals surface area contributed by atoms with Crippen LogP contribution in [0.4, 0.5) is 0 Å². The summed E-state index contributed by atoms with van der Waals surface area (Å²) in [6.07, 6.45) is 2.71. The molecule has 1 aromatic heterocycles. The van der Waals surface area contributed by atoms with E-state index in [1.54, 1.807) is 36.4 Å². The fourth-order valence-electron chi connectivity index (χ4n) is 2.49. The highest BCUT2D eigenvalue weighted by Gasteiger charge is 2.27. The molecule has 0 N–H and O–H groups in total. The zero-order chi connectivity index (χ0) is 16.0. The Morgan fingerprint density at radius 1 is 1.04 bits per heavy atom. The highest BCUT2D eigenvalue weighted by Crippen LogP contribution is 2.31. The molecule has 0 saturated carbocycles. The number of para-hydroxylation sites is 1. The molecule has 1 aliphatic rings. The van der Waals surface area contributed by atoms with Gasteiger partial charge in [0.1, 0.15) is 17.6 Å². The molecule has 0 amide bonds. The number of halogens is 1. The fourth-order valence-corrected chi connectivity index (χ4v) is 2.67. The van der Waals surface area contributed by atoms with E-state index in [9.17, 15) is 9.59 Å². The summed E-state index contributed by atoms with van der Waals surface area (Å²) < 4.78 is 11.0. The zero-order valence-corrected chi connectivity index (χ0v) is 12.5. The molecule has 23 heavy (non-hydrogen) atoms. The Labute approximate surface area is 135 Å². The van der Waals surface area contributed by atoms with Crippen molar-refractivity contribution in [2.75, 3.05) is 0 Å². The quantitative estimate of drug-likeness (QED) is 0.633. The molecule has 3 aromatic rings. The van der Waals surface area contributed by atoms with Crippen LogP contribution in [0.2, 0.25) is 5.02 Å². The Morgan fingerprint density at radius 2 is 1.87 bits per heavy atom. The molecule has 0 radical (unpaired) electrons. The van der Waals surface area contributed by atoms with Crippen LogP contribution in [0, 0.1) is 0 Å². The lowest BCUT2D eigenvalue weighted by Crippen LogP contribution is -2.07. The highest BCUT2D eigenvalue weighted by molar-refractivity contribution is 6.31. The third-order valence-electron chi connectivity index (χ3n) is 3.62. The average molecular weight is 325 g/mol. The Bertz CT molecular complexity index is 1050. The number of carbonyl (C=O) groups is 1. The average Bonchev–Trinajstić information content (AvgIpc) is 2.87. The van der Waals surface area contributed by atoms with E-state index in [0.717, 1.165) is 0 Å². The molecular formula is C18H9ClO4. The van der Waals surface area contributed by atoms with Gasteiger partial charge in [0.2, 0.25) is 5.78 Å². The minimum Gasteiger partial charge on any atom is -0.463 e. The second-order valence-electron chi connectivity index (χ2n) is 5.10. The lowest BCUT2D eigenvalue weighted by molar-refractivity contribution is 0.101. The minimum absolute atomic E-state index is 0.0971. The van der Waals surface area contributed by atoms with Gasteiger partial charge in [0.25, 0.3) is 0 Å². The lowest BCUT2D eigenvalue weighted by atomic mass is 10.1. The van der Waals surface area contributed by atoms with Crippen molar-refractivity contribution in [3.05, 3.63) is 80.9 Å². The Kier molecular flexibility index (Phi) is 3.06. The van der Waals surface area contributed by atoms with Crippen molar-refractivity contribution < 1.29 is 13.9 Å². The van der Waals surface area contributed by atoms with Gasteiger partial charge in [0.05, 0.1) is 16.5 Å². The lowest BCUT2D eigenvalue weighted by Gasteiger charge is -2.00. The van der Waals surface area contributed by atoms with E-state index >= 15 is 0 Å². The molecular weight excluding hydrogens is 316 g/mol. The van der Waals surface area contributed by atoms with E-state index in [2.05, 4.69) is 0 Å². The summed E-state index contributed by atoms with van der Waals surface area (Å²) in [6.45, 7) is 0. The molecule has 0 fully saturated rings. The predicted molar refractivity (Wildman–Crippen MR) is 86.9 cm³/mol. The minimum atomic E-state index is -0.270. The second-order valence-corrected chi connectivity index (χ2v) is 5.53. The number of Topliss-reactive ketones (excluding diaryl/α,β-unsaturated/α-hetero) is 1. The van der Waals surface area contributed by atoms with Crippen LogP contribution in [0.15, 0.2) is 63.7 Å². The molecule has 0 spiro atoms. The first-order chi connectivity index (χ1) is 11.1.